The fourth-order valence-electron chi connectivity index (χ4n) is 3.65. The minimum atomic E-state index is 0.273. The van der Waals surface area contributed by atoms with Crippen molar-refractivity contribution in [3.05, 3.63) is 34.9 Å². The van der Waals surface area contributed by atoms with Crippen LogP contribution in [0.25, 0.3) is 0 Å². The molecular formula is C21H35NO2. The topological polar surface area (TPSA) is 55.5 Å². The third kappa shape index (κ3) is 5.87. The number of aliphatic hydroxyl groups excluding tert-OH is 1. The maximum atomic E-state index is 8.95. The molecular weight excluding hydrogens is 298 g/mol. The minimum absolute atomic E-state index is 0.273. The zero-order chi connectivity index (χ0) is 17.2. The molecule has 2 atom stereocenters. The quantitative estimate of drug-likeness (QED) is 0.594. The summed E-state index contributed by atoms with van der Waals surface area (Å²) in [5.41, 5.74) is 10.1. The standard InChI is InChI=1S/C21H35NO2/c1-2-3-4-5-9-21-14-18-11-10-17(13-20(18)16-24-21)19(15-22)8-6-7-12-23/h10-11,13,19,21,23H,2-9,12,14-16,22H2,1H3/t19-,21+/m0/s1. The van der Waals surface area contributed by atoms with Crippen LogP contribution in [0.3, 0.4) is 0 Å². The Morgan fingerprint density at radius 3 is 2.79 bits per heavy atom. The average Bonchev–Trinajstić information content (AvgIpc) is 2.62. The lowest BCUT2D eigenvalue weighted by atomic mass is 9.88. The lowest BCUT2D eigenvalue weighted by Crippen LogP contribution is -2.23. The second kappa shape index (κ2) is 10.9. The smallest absolute Gasteiger partial charge is 0.0723 e. The summed E-state index contributed by atoms with van der Waals surface area (Å²) in [7, 11) is 0. The highest BCUT2D eigenvalue weighted by molar-refractivity contribution is 5.35. The third-order valence-electron chi connectivity index (χ3n) is 5.25. The first kappa shape index (κ1) is 19.4. The fraction of sp³-hybridized carbons (Fsp3) is 0.714. The summed E-state index contributed by atoms with van der Waals surface area (Å²) in [6.07, 6.45) is 10.8. The Morgan fingerprint density at radius 2 is 2.04 bits per heavy atom. The van der Waals surface area contributed by atoms with Gasteiger partial charge in [-0.1, -0.05) is 57.2 Å². The zero-order valence-electron chi connectivity index (χ0n) is 15.3. The van der Waals surface area contributed by atoms with Gasteiger partial charge in [-0.25, -0.2) is 0 Å². The molecule has 0 radical (unpaired) electrons. The number of hydrogen-bond donors (Lipinski definition) is 2. The molecule has 0 fully saturated rings. The number of aliphatic hydroxyl groups is 1. The van der Waals surface area contributed by atoms with Crippen molar-refractivity contribution in [2.75, 3.05) is 13.2 Å². The van der Waals surface area contributed by atoms with Crippen molar-refractivity contribution in [1.82, 2.24) is 0 Å². The molecule has 24 heavy (non-hydrogen) atoms. The maximum Gasteiger partial charge on any atom is 0.0723 e. The number of benzene rings is 1. The molecule has 3 N–H and O–H groups in total. The van der Waals surface area contributed by atoms with Gasteiger partial charge < -0.3 is 15.6 Å². The Kier molecular flexibility index (Phi) is 8.79. The van der Waals surface area contributed by atoms with E-state index < -0.39 is 0 Å². The molecule has 0 spiro atoms. The number of fused-ring (bicyclic) bond motifs is 1. The van der Waals surface area contributed by atoms with Crippen LogP contribution >= 0.6 is 0 Å². The number of rotatable bonds is 11. The molecule has 1 aliphatic heterocycles. The Balaban J connectivity index is 1.90. The van der Waals surface area contributed by atoms with Gasteiger partial charge in [-0.15, -0.1) is 0 Å². The SMILES string of the molecule is CCCCCC[C@@H]1Cc2ccc([C@H](CN)CCCCO)cc2CO1. The van der Waals surface area contributed by atoms with Crippen LogP contribution in [0.5, 0.6) is 0 Å². The summed E-state index contributed by atoms with van der Waals surface area (Å²) >= 11 is 0. The van der Waals surface area contributed by atoms with E-state index in [1.807, 2.05) is 0 Å². The molecule has 3 nitrogen and oxygen atoms in total. The van der Waals surface area contributed by atoms with E-state index in [0.29, 0.717) is 18.6 Å². The molecule has 2 rings (SSSR count). The predicted octanol–water partition coefficient (Wildman–Crippen LogP) is 4.30. The zero-order valence-corrected chi connectivity index (χ0v) is 15.3. The lowest BCUT2D eigenvalue weighted by molar-refractivity contribution is 0.0216. The van der Waals surface area contributed by atoms with E-state index in [1.54, 1.807) is 0 Å². The molecule has 1 heterocycles. The van der Waals surface area contributed by atoms with Crippen molar-refractivity contribution in [3.63, 3.8) is 0 Å². The van der Waals surface area contributed by atoms with Crippen molar-refractivity contribution in [3.8, 4) is 0 Å². The van der Waals surface area contributed by atoms with E-state index in [-0.39, 0.29) is 6.61 Å². The molecule has 0 aliphatic carbocycles. The van der Waals surface area contributed by atoms with Gasteiger partial charge in [0.2, 0.25) is 0 Å². The maximum absolute atomic E-state index is 8.95. The largest absolute Gasteiger partial charge is 0.396 e. The average molecular weight is 334 g/mol. The van der Waals surface area contributed by atoms with Crippen LogP contribution in [-0.4, -0.2) is 24.4 Å². The molecule has 0 saturated heterocycles. The highest BCUT2D eigenvalue weighted by atomic mass is 16.5. The van der Waals surface area contributed by atoms with Gasteiger partial charge >= 0.3 is 0 Å². The van der Waals surface area contributed by atoms with Crippen molar-refractivity contribution in [1.29, 1.82) is 0 Å². The van der Waals surface area contributed by atoms with Gasteiger partial charge in [0.05, 0.1) is 12.7 Å². The Hall–Kier alpha value is -0.900. The molecule has 136 valence electrons. The second-order valence-corrected chi connectivity index (χ2v) is 7.17. The molecule has 1 aromatic carbocycles. The van der Waals surface area contributed by atoms with Crippen LogP contribution in [0.2, 0.25) is 0 Å². The summed E-state index contributed by atoms with van der Waals surface area (Å²) < 4.78 is 6.09. The van der Waals surface area contributed by atoms with E-state index in [4.69, 9.17) is 15.6 Å². The molecule has 1 aromatic rings. The molecule has 0 aromatic heterocycles. The van der Waals surface area contributed by atoms with Crippen molar-refractivity contribution in [2.24, 2.45) is 5.73 Å². The number of ether oxygens (including phenoxy) is 1. The molecule has 1 aliphatic rings. The Labute approximate surface area is 147 Å². The first-order chi connectivity index (χ1) is 11.8. The van der Waals surface area contributed by atoms with Crippen molar-refractivity contribution < 1.29 is 9.84 Å². The summed E-state index contributed by atoms with van der Waals surface area (Å²) in [5, 5.41) is 8.95. The van der Waals surface area contributed by atoms with E-state index in [1.165, 1.54) is 48.8 Å². The predicted molar refractivity (Wildman–Crippen MR) is 100 cm³/mol. The molecule has 3 heteroatoms. The lowest BCUT2D eigenvalue weighted by Gasteiger charge is -2.27. The number of nitrogens with two attached hydrogens (primary N) is 1. The van der Waals surface area contributed by atoms with Gasteiger partial charge in [-0.05, 0) is 54.8 Å². The van der Waals surface area contributed by atoms with Crippen LogP contribution in [0.1, 0.15) is 80.9 Å². The summed E-state index contributed by atoms with van der Waals surface area (Å²) in [5.74, 6) is 0.397. The fourth-order valence-corrected chi connectivity index (χ4v) is 3.65. The monoisotopic (exact) mass is 333 g/mol. The number of hydrogen-bond acceptors (Lipinski definition) is 3. The van der Waals surface area contributed by atoms with Crippen LogP contribution in [-0.2, 0) is 17.8 Å². The third-order valence-corrected chi connectivity index (χ3v) is 5.25. The summed E-state index contributed by atoms with van der Waals surface area (Å²) in [4.78, 5) is 0. The molecule has 0 unspecified atom stereocenters. The van der Waals surface area contributed by atoms with Crippen LogP contribution < -0.4 is 5.73 Å². The van der Waals surface area contributed by atoms with E-state index >= 15 is 0 Å². The van der Waals surface area contributed by atoms with E-state index in [9.17, 15) is 0 Å². The van der Waals surface area contributed by atoms with Crippen molar-refractivity contribution in [2.45, 2.75) is 83.3 Å². The van der Waals surface area contributed by atoms with Crippen LogP contribution in [0.15, 0.2) is 18.2 Å². The highest BCUT2D eigenvalue weighted by Crippen LogP contribution is 2.28. The van der Waals surface area contributed by atoms with Gasteiger partial charge in [0.25, 0.3) is 0 Å². The molecule has 0 saturated carbocycles. The second-order valence-electron chi connectivity index (χ2n) is 7.17. The van der Waals surface area contributed by atoms with E-state index in [2.05, 4.69) is 25.1 Å². The van der Waals surface area contributed by atoms with Gasteiger partial charge in [0.1, 0.15) is 0 Å². The van der Waals surface area contributed by atoms with Crippen molar-refractivity contribution >= 4 is 0 Å². The highest BCUT2D eigenvalue weighted by Gasteiger charge is 2.20. The normalized spacial score (nSPS) is 18.4. The first-order valence-corrected chi connectivity index (χ1v) is 9.82. The van der Waals surface area contributed by atoms with Crippen LogP contribution in [0.4, 0.5) is 0 Å². The van der Waals surface area contributed by atoms with Crippen LogP contribution in [0, 0.1) is 0 Å². The van der Waals surface area contributed by atoms with Gasteiger partial charge in [-0.3, -0.25) is 0 Å². The summed E-state index contributed by atoms with van der Waals surface area (Å²) in [6, 6.07) is 6.86. The van der Waals surface area contributed by atoms with Gasteiger partial charge in [0, 0.05) is 6.61 Å². The summed E-state index contributed by atoms with van der Waals surface area (Å²) in [6.45, 7) is 3.94. The molecule has 0 bridgehead atoms. The first-order valence-electron chi connectivity index (χ1n) is 9.82. The Morgan fingerprint density at radius 1 is 1.17 bits per heavy atom. The van der Waals surface area contributed by atoms with Gasteiger partial charge in [0.15, 0.2) is 0 Å². The van der Waals surface area contributed by atoms with Gasteiger partial charge in [-0.2, -0.15) is 0 Å². The number of unbranched alkanes of at least 4 members (excludes halogenated alkanes) is 4. The molecule has 0 amide bonds. The minimum Gasteiger partial charge on any atom is -0.396 e. The van der Waals surface area contributed by atoms with E-state index in [0.717, 1.165) is 32.3 Å². The Bertz CT molecular complexity index is 475.